The van der Waals surface area contributed by atoms with Crippen LogP contribution >= 0.6 is 0 Å². The molecule has 0 rings (SSSR count). The van der Waals surface area contributed by atoms with Crippen LogP contribution in [0, 0.1) is 0 Å². The number of aliphatic hydroxyl groups excluding tert-OH is 2. The van der Waals surface area contributed by atoms with Gasteiger partial charge in [0.25, 0.3) is 0 Å². The minimum absolute atomic E-state index is 0.0784. The molecule has 1 amide bonds. The average Bonchev–Trinajstić information content (AvgIpc) is 3.22. The number of hydrogen-bond acceptors (Lipinski definition) is 3. The van der Waals surface area contributed by atoms with Crippen molar-refractivity contribution in [3.63, 3.8) is 0 Å². The van der Waals surface area contributed by atoms with Crippen LogP contribution in [0.4, 0.5) is 0 Å². The highest BCUT2D eigenvalue weighted by molar-refractivity contribution is 5.76. The smallest absolute Gasteiger partial charge is 0.220 e. The van der Waals surface area contributed by atoms with Crippen molar-refractivity contribution in [2.45, 2.75) is 264 Å². The number of rotatable bonds is 45. The standard InChI is InChI=1S/C53H97NO3/c1-3-5-7-9-11-13-15-17-19-21-23-25-26-27-29-30-32-34-36-38-40-42-44-46-48-52(56)51(50-55)54-53(57)49-47-45-43-41-39-37-35-33-31-28-24-22-20-18-16-14-12-10-8-6-4-2/h6,8,12,14,30,32,38,40,46,48,51-52,55-56H,3-5,7,9-11,13,15-29,31,33-37,39,41-45,47,49-50H2,1-2H3,(H,54,57)/b8-6-,14-12-,32-30+,40-38+,48-46+. The lowest BCUT2D eigenvalue weighted by Crippen LogP contribution is -2.45. The fourth-order valence-corrected chi connectivity index (χ4v) is 7.43. The summed E-state index contributed by atoms with van der Waals surface area (Å²) in [4.78, 5) is 12.4. The summed E-state index contributed by atoms with van der Waals surface area (Å²) in [6.45, 7) is 4.21. The molecule has 57 heavy (non-hydrogen) atoms. The molecule has 0 aromatic rings. The number of hydrogen-bond donors (Lipinski definition) is 3. The first-order valence-electron chi connectivity index (χ1n) is 25.0. The Morgan fingerprint density at radius 3 is 1.21 bits per heavy atom. The van der Waals surface area contributed by atoms with E-state index in [0.717, 1.165) is 51.4 Å². The third-order valence-electron chi connectivity index (χ3n) is 11.2. The summed E-state index contributed by atoms with van der Waals surface area (Å²) in [5, 5.41) is 23.1. The van der Waals surface area contributed by atoms with Crippen LogP contribution in [0.15, 0.2) is 60.8 Å². The fourth-order valence-electron chi connectivity index (χ4n) is 7.43. The molecule has 0 spiro atoms. The lowest BCUT2D eigenvalue weighted by molar-refractivity contribution is -0.123. The Hall–Kier alpha value is -1.91. The number of amides is 1. The van der Waals surface area contributed by atoms with E-state index >= 15 is 0 Å². The Labute approximate surface area is 356 Å². The molecule has 0 aliphatic heterocycles. The summed E-state index contributed by atoms with van der Waals surface area (Å²) in [5.74, 6) is -0.0784. The summed E-state index contributed by atoms with van der Waals surface area (Å²) in [7, 11) is 0. The van der Waals surface area contributed by atoms with Crippen molar-refractivity contribution in [2.75, 3.05) is 6.61 Å². The highest BCUT2D eigenvalue weighted by Gasteiger charge is 2.17. The van der Waals surface area contributed by atoms with Gasteiger partial charge in [-0.3, -0.25) is 4.79 Å². The van der Waals surface area contributed by atoms with E-state index in [1.165, 1.54) is 180 Å². The number of carbonyl (C=O) groups is 1. The normalized spacial score (nSPS) is 13.4. The lowest BCUT2D eigenvalue weighted by Gasteiger charge is -2.19. The Morgan fingerprint density at radius 1 is 0.439 bits per heavy atom. The van der Waals surface area contributed by atoms with Crippen molar-refractivity contribution < 1.29 is 15.0 Å². The van der Waals surface area contributed by atoms with E-state index < -0.39 is 12.1 Å². The second-order valence-corrected chi connectivity index (χ2v) is 16.8. The topological polar surface area (TPSA) is 69.6 Å². The van der Waals surface area contributed by atoms with Crippen LogP contribution < -0.4 is 5.32 Å². The van der Waals surface area contributed by atoms with Gasteiger partial charge in [0.05, 0.1) is 18.8 Å². The fraction of sp³-hybridized carbons (Fsp3) is 0.792. The molecule has 0 aliphatic carbocycles. The van der Waals surface area contributed by atoms with Gasteiger partial charge in [0.1, 0.15) is 0 Å². The van der Waals surface area contributed by atoms with Crippen molar-refractivity contribution in [2.24, 2.45) is 0 Å². The van der Waals surface area contributed by atoms with E-state index in [2.05, 4.69) is 67.8 Å². The van der Waals surface area contributed by atoms with Gasteiger partial charge in [-0.1, -0.05) is 235 Å². The first kappa shape index (κ1) is 55.1. The molecule has 0 heterocycles. The predicted octanol–water partition coefficient (Wildman–Crippen LogP) is 16.1. The SMILES string of the molecule is CC/C=C\C/C=C\CCCCCCCCCCCCCCCCC(=O)NC(CO)C(O)/C=C/CC/C=C/CC/C=C/CCCCCCCCCCCCCCCC. The van der Waals surface area contributed by atoms with Gasteiger partial charge in [0, 0.05) is 6.42 Å². The van der Waals surface area contributed by atoms with Crippen LogP contribution in [0.1, 0.15) is 251 Å². The number of nitrogens with one attached hydrogen (secondary N) is 1. The molecule has 0 aromatic heterocycles. The van der Waals surface area contributed by atoms with Crippen LogP contribution in [0.25, 0.3) is 0 Å². The highest BCUT2D eigenvalue weighted by Crippen LogP contribution is 2.16. The average molecular weight is 796 g/mol. The van der Waals surface area contributed by atoms with Crippen molar-refractivity contribution in [1.29, 1.82) is 0 Å². The number of unbranched alkanes of at least 4 members (excludes halogenated alkanes) is 30. The Kier molecular flexibility index (Phi) is 46.8. The van der Waals surface area contributed by atoms with Gasteiger partial charge < -0.3 is 15.5 Å². The molecule has 0 aromatic carbocycles. The van der Waals surface area contributed by atoms with Gasteiger partial charge in [0.2, 0.25) is 5.91 Å². The summed E-state index contributed by atoms with van der Waals surface area (Å²) in [6.07, 6.45) is 67.9. The van der Waals surface area contributed by atoms with Gasteiger partial charge in [0.15, 0.2) is 0 Å². The third-order valence-corrected chi connectivity index (χ3v) is 11.2. The van der Waals surface area contributed by atoms with Gasteiger partial charge in [-0.2, -0.15) is 0 Å². The van der Waals surface area contributed by atoms with Crippen molar-refractivity contribution >= 4 is 5.91 Å². The molecular formula is C53H97NO3. The molecule has 4 nitrogen and oxygen atoms in total. The molecule has 4 heteroatoms. The van der Waals surface area contributed by atoms with Gasteiger partial charge in [-0.25, -0.2) is 0 Å². The zero-order valence-electron chi connectivity index (χ0n) is 38.1. The molecule has 3 N–H and O–H groups in total. The largest absolute Gasteiger partial charge is 0.394 e. The van der Waals surface area contributed by atoms with Gasteiger partial charge in [-0.05, 0) is 70.6 Å². The summed E-state index contributed by atoms with van der Waals surface area (Å²) in [6, 6.07) is -0.647. The first-order valence-corrected chi connectivity index (χ1v) is 25.0. The monoisotopic (exact) mass is 796 g/mol. The Morgan fingerprint density at radius 2 is 0.789 bits per heavy atom. The highest BCUT2D eigenvalue weighted by atomic mass is 16.3. The molecule has 0 bridgehead atoms. The molecule has 0 saturated heterocycles. The maximum atomic E-state index is 12.4. The summed E-state index contributed by atoms with van der Waals surface area (Å²) >= 11 is 0. The van der Waals surface area contributed by atoms with Crippen LogP contribution in [-0.2, 0) is 4.79 Å². The second kappa shape index (κ2) is 48.5. The number of carbonyl (C=O) groups excluding carboxylic acids is 1. The van der Waals surface area contributed by atoms with E-state index in [9.17, 15) is 15.0 Å². The quantitative estimate of drug-likeness (QED) is 0.0425. The van der Waals surface area contributed by atoms with E-state index in [0.29, 0.717) is 6.42 Å². The molecule has 0 radical (unpaired) electrons. The Bertz CT molecular complexity index is 950. The minimum Gasteiger partial charge on any atom is -0.394 e. The van der Waals surface area contributed by atoms with Crippen LogP contribution in [0.2, 0.25) is 0 Å². The number of aliphatic hydroxyl groups is 2. The van der Waals surface area contributed by atoms with Gasteiger partial charge >= 0.3 is 0 Å². The van der Waals surface area contributed by atoms with Crippen molar-refractivity contribution in [3.8, 4) is 0 Å². The molecule has 0 saturated carbocycles. The molecule has 2 unspecified atom stereocenters. The van der Waals surface area contributed by atoms with Crippen molar-refractivity contribution in [3.05, 3.63) is 60.8 Å². The molecule has 2 atom stereocenters. The third kappa shape index (κ3) is 45.0. The maximum absolute atomic E-state index is 12.4. The summed E-state index contributed by atoms with van der Waals surface area (Å²) in [5.41, 5.74) is 0. The van der Waals surface area contributed by atoms with E-state index in [1.54, 1.807) is 6.08 Å². The van der Waals surface area contributed by atoms with Crippen LogP contribution in [-0.4, -0.2) is 34.9 Å². The lowest BCUT2D eigenvalue weighted by atomic mass is 10.0. The molecule has 332 valence electrons. The zero-order valence-corrected chi connectivity index (χ0v) is 38.1. The number of allylic oxidation sites excluding steroid dienone is 9. The molecule has 0 aliphatic rings. The second-order valence-electron chi connectivity index (χ2n) is 16.8. The zero-order chi connectivity index (χ0) is 41.4. The molecule has 0 fully saturated rings. The summed E-state index contributed by atoms with van der Waals surface area (Å²) < 4.78 is 0. The predicted molar refractivity (Wildman–Crippen MR) is 253 cm³/mol. The van der Waals surface area contributed by atoms with Gasteiger partial charge in [-0.15, -0.1) is 0 Å². The maximum Gasteiger partial charge on any atom is 0.220 e. The Balaban J connectivity index is 3.59. The van der Waals surface area contributed by atoms with E-state index in [1.807, 2.05) is 6.08 Å². The minimum atomic E-state index is -0.872. The van der Waals surface area contributed by atoms with E-state index in [4.69, 9.17) is 0 Å². The van der Waals surface area contributed by atoms with E-state index in [-0.39, 0.29) is 12.5 Å². The molecular weight excluding hydrogens is 699 g/mol. The first-order chi connectivity index (χ1) is 28.2. The van der Waals surface area contributed by atoms with Crippen molar-refractivity contribution in [1.82, 2.24) is 5.32 Å². The van der Waals surface area contributed by atoms with Crippen LogP contribution in [0.5, 0.6) is 0 Å². The van der Waals surface area contributed by atoms with Crippen LogP contribution in [0.3, 0.4) is 0 Å².